The fraction of sp³-hybridized carbons (Fsp3) is 0.500. The summed E-state index contributed by atoms with van der Waals surface area (Å²) >= 11 is 5.60. The zero-order valence-electron chi connectivity index (χ0n) is 8.56. The van der Waals surface area contributed by atoms with Crippen LogP contribution >= 0.6 is 11.6 Å². The van der Waals surface area contributed by atoms with Crippen LogP contribution < -0.4 is 0 Å². The molecule has 70 valence electrons. The lowest BCUT2D eigenvalue weighted by molar-refractivity contribution is 1.27. The molecule has 0 saturated heterocycles. The van der Waals surface area contributed by atoms with Crippen LogP contribution in [0.2, 0.25) is 5.15 Å². The van der Waals surface area contributed by atoms with Gasteiger partial charge in [-0.2, -0.15) is 0 Å². The third-order valence-corrected chi connectivity index (χ3v) is 1.34. The smallest absolute Gasteiger partial charge is 0.131 e. The largest absolute Gasteiger partial charge is 0.244 e. The Bertz CT molecular complexity index is 166. The van der Waals surface area contributed by atoms with E-state index in [0.717, 1.165) is 5.56 Å². The van der Waals surface area contributed by atoms with Crippen LogP contribution in [0.15, 0.2) is 18.3 Å². The number of aromatic nitrogens is 1. The Kier molecular flexibility index (Phi) is 12.2. The molecule has 12 heavy (non-hydrogen) atoms. The molecule has 0 fully saturated rings. The Hall–Kier alpha value is -0.560. The predicted octanol–water partition coefficient (Wildman–Crippen LogP) is 4.10. The molecule has 1 aromatic rings. The van der Waals surface area contributed by atoms with Crippen LogP contribution in [0.4, 0.5) is 0 Å². The Morgan fingerprint density at radius 3 is 1.92 bits per heavy atom. The number of rotatable bonds is 0. The van der Waals surface area contributed by atoms with Gasteiger partial charge in [-0.05, 0) is 18.6 Å². The van der Waals surface area contributed by atoms with Crippen molar-refractivity contribution in [2.45, 2.75) is 34.6 Å². The van der Waals surface area contributed by atoms with Crippen molar-refractivity contribution in [3.63, 3.8) is 0 Å². The van der Waals surface area contributed by atoms with E-state index in [1.54, 1.807) is 6.20 Å². The minimum atomic E-state index is 0.590. The van der Waals surface area contributed by atoms with Gasteiger partial charge < -0.3 is 0 Å². The van der Waals surface area contributed by atoms with Gasteiger partial charge >= 0.3 is 0 Å². The van der Waals surface area contributed by atoms with E-state index in [2.05, 4.69) is 4.98 Å². The van der Waals surface area contributed by atoms with Gasteiger partial charge in [-0.15, -0.1) is 0 Å². The van der Waals surface area contributed by atoms with Crippen molar-refractivity contribution >= 4 is 11.6 Å². The lowest BCUT2D eigenvalue weighted by atomic mass is 10.3. The van der Waals surface area contributed by atoms with Crippen molar-refractivity contribution in [1.82, 2.24) is 4.98 Å². The van der Waals surface area contributed by atoms with Crippen LogP contribution in [0.3, 0.4) is 0 Å². The predicted molar refractivity (Wildman–Crippen MR) is 56.7 cm³/mol. The second kappa shape index (κ2) is 10.4. The quantitative estimate of drug-likeness (QED) is 0.558. The summed E-state index contributed by atoms with van der Waals surface area (Å²) in [6.07, 6.45) is 1.68. The zero-order chi connectivity index (χ0) is 9.98. The molecule has 0 radical (unpaired) electrons. The maximum atomic E-state index is 5.60. The van der Waals surface area contributed by atoms with E-state index in [-0.39, 0.29) is 0 Å². The Balaban J connectivity index is 0. The number of nitrogens with zero attached hydrogens (tertiary/aromatic N) is 1. The molecule has 0 bridgehead atoms. The van der Waals surface area contributed by atoms with Crippen LogP contribution in [0, 0.1) is 6.92 Å². The van der Waals surface area contributed by atoms with Gasteiger partial charge in [-0.3, -0.25) is 0 Å². The minimum Gasteiger partial charge on any atom is -0.244 e. The average molecular weight is 188 g/mol. The highest BCUT2D eigenvalue weighted by molar-refractivity contribution is 6.30. The summed E-state index contributed by atoms with van der Waals surface area (Å²) in [7, 11) is 0. The molecule has 0 aliphatic heterocycles. The monoisotopic (exact) mass is 187 g/mol. The molecule has 0 aromatic carbocycles. The number of pyridine rings is 1. The van der Waals surface area contributed by atoms with Crippen molar-refractivity contribution in [3.05, 3.63) is 29.0 Å². The first kappa shape index (κ1) is 14.0. The molecule has 2 heteroatoms. The highest BCUT2D eigenvalue weighted by Gasteiger charge is 1.88. The second-order valence-corrected chi connectivity index (χ2v) is 1.97. The highest BCUT2D eigenvalue weighted by atomic mass is 35.5. The molecule has 0 atom stereocenters. The Morgan fingerprint density at radius 2 is 1.67 bits per heavy atom. The van der Waals surface area contributed by atoms with Gasteiger partial charge in [0.2, 0.25) is 0 Å². The van der Waals surface area contributed by atoms with Crippen molar-refractivity contribution < 1.29 is 0 Å². The second-order valence-electron chi connectivity index (χ2n) is 1.61. The Labute approximate surface area is 80.8 Å². The fourth-order valence-corrected chi connectivity index (χ4v) is 0.586. The molecule has 0 spiro atoms. The molecule has 1 nitrogen and oxygen atoms in total. The van der Waals surface area contributed by atoms with Crippen molar-refractivity contribution in [1.29, 1.82) is 0 Å². The van der Waals surface area contributed by atoms with Gasteiger partial charge in [0.05, 0.1) is 0 Å². The first-order valence-electron chi connectivity index (χ1n) is 4.38. The molecule has 0 unspecified atom stereocenters. The molecule has 1 rings (SSSR count). The van der Waals surface area contributed by atoms with E-state index in [0.29, 0.717) is 5.15 Å². The number of aryl methyl sites for hydroxylation is 1. The average Bonchev–Trinajstić information content (AvgIpc) is 2.17. The molecule has 1 aromatic heterocycles. The first-order chi connectivity index (χ1) is 5.80. The number of hydrogen-bond donors (Lipinski definition) is 0. The standard InChI is InChI=1S/C6H6ClN.2C2H6/c1-5-3-2-4-8-6(5)7;2*1-2/h2-4H,1H3;2*1-2H3. The van der Waals surface area contributed by atoms with E-state index in [1.807, 2.05) is 46.8 Å². The normalized spacial score (nSPS) is 7.17. The van der Waals surface area contributed by atoms with Crippen LogP contribution in [0.25, 0.3) is 0 Å². The first-order valence-corrected chi connectivity index (χ1v) is 4.75. The van der Waals surface area contributed by atoms with Crippen LogP contribution in [0.5, 0.6) is 0 Å². The minimum absolute atomic E-state index is 0.590. The molecule has 1 heterocycles. The molecular weight excluding hydrogens is 170 g/mol. The van der Waals surface area contributed by atoms with Crippen LogP contribution in [0.1, 0.15) is 33.3 Å². The summed E-state index contributed by atoms with van der Waals surface area (Å²) in [6.45, 7) is 9.93. The molecule has 0 aliphatic rings. The molecule has 0 amide bonds. The van der Waals surface area contributed by atoms with Gasteiger partial charge in [0.25, 0.3) is 0 Å². The number of halogens is 1. The van der Waals surface area contributed by atoms with Gasteiger partial charge in [-0.25, -0.2) is 4.98 Å². The fourth-order valence-electron chi connectivity index (χ4n) is 0.466. The van der Waals surface area contributed by atoms with E-state index >= 15 is 0 Å². The number of hydrogen-bond acceptors (Lipinski definition) is 1. The maximum absolute atomic E-state index is 5.60. The van der Waals surface area contributed by atoms with Crippen LogP contribution in [-0.4, -0.2) is 4.98 Å². The van der Waals surface area contributed by atoms with Crippen molar-refractivity contribution in [3.8, 4) is 0 Å². The van der Waals surface area contributed by atoms with Gasteiger partial charge in [0.15, 0.2) is 0 Å². The Morgan fingerprint density at radius 1 is 1.17 bits per heavy atom. The summed E-state index contributed by atoms with van der Waals surface area (Å²) in [6, 6.07) is 3.79. The van der Waals surface area contributed by atoms with Gasteiger partial charge in [-0.1, -0.05) is 45.4 Å². The molecule has 0 saturated carbocycles. The summed E-state index contributed by atoms with van der Waals surface area (Å²) in [5, 5.41) is 0.590. The van der Waals surface area contributed by atoms with E-state index in [1.165, 1.54) is 0 Å². The summed E-state index contributed by atoms with van der Waals surface area (Å²) < 4.78 is 0. The zero-order valence-corrected chi connectivity index (χ0v) is 9.31. The van der Waals surface area contributed by atoms with Crippen molar-refractivity contribution in [2.75, 3.05) is 0 Å². The highest BCUT2D eigenvalue weighted by Crippen LogP contribution is 2.07. The SMILES string of the molecule is CC.CC.Cc1cccnc1Cl. The van der Waals surface area contributed by atoms with Crippen LogP contribution in [-0.2, 0) is 0 Å². The van der Waals surface area contributed by atoms with E-state index in [9.17, 15) is 0 Å². The van der Waals surface area contributed by atoms with Crippen molar-refractivity contribution in [2.24, 2.45) is 0 Å². The van der Waals surface area contributed by atoms with Gasteiger partial charge in [0.1, 0.15) is 5.15 Å². The topological polar surface area (TPSA) is 12.9 Å². The van der Waals surface area contributed by atoms with E-state index < -0.39 is 0 Å². The van der Waals surface area contributed by atoms with E-state index in [4.69, 9.17) is 11.6 Å². The third-order valence-electron chi connectivity index (χ3n) is 0.946. The lowest BCUT2D eigenvalue weighted by Gasteiger charge is -1.89. The maximum Gasteiger partial charge on any atom is 0.131 e. The molecule has 0 N–H and O–H groups in total. The third kappa shape index (κ3) is 6.17. The molecular formula is C10H18ClN. The van der Waals surface area contributed by atoms with Gasteiger partial charge in [0, 0.05) is 6.20 Å². The summed E-state index contributed by atoms with van der Waals surface area (Å²) in [5.74, 6) is 0. The summed E-state index contributed by atoms with van der Waals surface area (Å²) in [4.78, 5) is 3.84. The molecule has 0 aliphatic carbocycles. The summed E-state index contributed by atoms with van der Waals surface area (Å²) in [5.41, 5.74) is 1.02. The lowest BCUT2D eigenvalue weighted by Crippen LogP contribution is -1.75.